The minimum absolute atomic E-state index is 0.658. The first-order valence-corrected chi connectivity index (χ1v) is 7.20. The molecule has 0 radical (unpaired) electrons. The Hall–Kier alpha value is -1.22. The van der Waals surface area contributed by atoms with Crippen LogP contribution < -0.4 is 14.8 Å². The van der Waals surface area contributed by atoms with E-state index in [1.54, 1.807) is 0 Å². The van der Waals surface area contributed by atoms with Gasteiger partial charge in [-0.2, -0.15) is 0 Å². The van der Waals surface area contributed by atoms with Crippen LogP contribution in [0.3, 0.4) is 0 Å². The third-order valence-electron chi connectivity index (χ3n) is 2.87. The van der Waals surface area contributed by atoms with Gasteiger partial charge >= 0.3 is 0 Å². The average molecular weight is 265 g/mol. The van der Waals surface area contributed by atoms with E-state index in [1.807, 2.05) is 20.0 Å². The quantitative estimate of drug-likeness (QED) is 0.692. The molecule has 0 aliphatic heterocycles. The summed E-state index contributed by atoms with van der Waals surface area (Å²) in [6, 6.07) is 6.14. The van der Waals surface area contributed by atoms with Crippen molar-refractivity contribution in [2.24, 2.45) is 5.92 Å². The number of ether oxygens (including phenoxy) is 2. The van der Waals surface area contributed by atoms with E-state index < -0.39 is 0 Å². The van der Waals surface area contributed by atoms with E-state index in [0.717, 1.165) is 37.0 Å². The minimum Gasteiger partial charge on any atom is -0.490 e. The summed E-state index contributed by atoms with van der Waals surface area (Å²) in [4.78, 5) is 0. The van der Waals surface area contributed by atoms with Gasteiger partial charge in [0.2, 0.25) is 0 Å². The summed E-state index contributed by atoms with van der Waals surface area (Å²) in [5.74, 6) is 2.43. The molecule has 0 aliphatic carbocycles. The molecule has 0 bridgehead atoms. The van der Waals surface area contributed by atoms with Crippen LogP contribution in [-0.4, -0.2) is 20.3 Å². The molecule has 0 aromatic heterocycles. The summed E-state index contributed by atoms with van der Waals surface area (Å²) >= 11 is 0. The lowest BCUT2D eigenvalue weighted by molar-refractivity contribution is 0.266. The van der Waals surface area contributed by atoms with Gasteiger partial charge in [-0.3, -0.25) is 0 Å². The van der Waals surface area contributed by atoms with Crippen LogP contribution in [0.1, 0.15) is 39.2 Å². The molecule has 0 atom stereocenters. The summed E-state index contributed by atoms with van der Waals surface area (Å²) in [5, 5.41) is 3.14. The van der Waals surface area contributed by atoms with Crippen molar-refractivity contribution in [3.8, 4) is 11.5 Å². The Balaban J connectivity index is 2.59. The zero-order chi connectivity index (χ0) is 14.1. The first-order valence-electron chi connectivity index (χ1n) is 7.20. The van der Waals surface area contributed by atoms with Crippen LogP contribution in [0.25, 0.3) is 0 Å². The summed E-state index contributed by atoms with van der Waals surface area (Å²) in [5.41, 5.74) is 1.21. The number of hydrogen-bond acceptors (Lipinski definition) is 3. The van der Waals surface area contributed by atoms with Crippen LogP contribution in [0.15, 0.2) is 18.2 Å². The number of rotatable bonds is 9. The summed E-state index contributed by atoms with van der Waals surface area (Å²) in [7, 11) is 1.94. The zero-order valence-electron chi connectivity index (χ0n) is 12.7. The van der Waals surface area contributed by atoms with Gasteiger partial charge in [-0.05, 0) is 50.4 Å². The second-order valence-corrected chi connectivity index (χ2v) is 5.13. The van der Waals surface area contributed by atoms with Gasteiger partial charge in [0.05, 0.1) is 13.2 Å². The molecule has 1 rings (SSSR count). The molecule has 0 spiro atoms. The lowest BCUT2D eigenvalue weighted by atomic mass is 10.1. The van der Waals surface area contributed by atoms with Gasteiger partial charge in [-0.25, -0.2) is 0 Å². The maximum Gasteiger partial charge on any atom is 0.161 e. The predicted molar refractivity (Wildman–Crippen MR) is 79.9 cm³/mol. The first kappa shape index (κ1) is 15.8. The molecule has 0 amide bonds. The Morgan fingerprint density at radius 3 is 2.58 bits per heavy atom. The van der Waals surface area contributed by atoms with Gasteiger partial charge in [0.1, 0.15) is 0 Å². The molecule has 3 heteroatoms. The molecule has 0 heterocycles. The molecule has 1 N–H and O–H groups in total. The molecule has 0 aliphatic rings. The zero-order valence-corrected chi connectivity index (χ0v) is 12.7. The van der Waals surface area contributed by atoms with Crippen molar-refractivity contribution < 1.29 is 9.47 Å². The van der Waals surface area contributed by atoms with E-state index in [9.17, 15) is 0 Å². The molecule has 19 heavy (non-hydrogen) atoms. The van der Waals surface area contributed by atoms with Crippen LogP contribution in [0.5, 0.6) is 11.5 Å². The average Bonchev–Trinajstić information content (AvgIpc) is 2.37. The van der Waals surface area contributed by atoms with Crippen LogP contribution in [0.2, 0.25) is 0 Å². The Morgan fingerprint density at radius 2 is 1.95 bits per heavy atom. The maximum absolute atomic E-state index is 5.83. The van der Waals surface area contributed by atoms with E-state index in [4.69, 9.17) is 9.47 Å². The first-order chi connectivity index (χ1) is 9.17. The molecule has 1 aromatic carbocycles. The molecule has 0 saturated heterocycles. The fourth-order valence-corrected chi connectivity index (χ4v) is 1.93. The smallest absolute Gasteiger partial charge is 0.161 e. The maximum atomic E-state index is 5.83. The van der Waals surface area contributed by atoms with Crippen molar-refractivity contribution >= 4 is 0 Å². The number of benzene rings is 1. The number of nitrogens with one attached hydrogen (secondary N) is 1. The summed E-state index contributed by atoms with van der Waals surface area (Å²) in [6.07, 6.45) is 2.28. The molecule has 0 saturated carbocycles. The fourth-order valence-electron chi connectivity index (χ4n) is 1.93. The molecule has 0 fully saturated rings. The molecular formula is C16H27NO2. The van der Waals surface area contributed by atoms with E-state index in [2.05, 4.69) is 31.3 Å². The topological polar surface area (TPSA) is 30.5 Å². The molecular weight excluding hydrogens is 238 g/mol. The Kier molecular flexibility index (Phi) is 7.34. The molecule has 3 nitrogen and oxygen atoms in total. The lowest BCUT2D eigenvalue weighted by Gasteiger charge is -2.13. The minimum atomic E-state index is 0.658. The van der Waals surface area contributed by atoms with Crippen molar-refractivity contribution in [1.29, 1.82) is 0 Å². The Bertz CT molecular complexity index is 364. The lowest BCUT2D eigenvalue weighted by Crippen LogP contribution is -2.06. The molecule has 1 aromatic rings. The van der Waals surface area contributed by atoms with E-state index in [0.29, 0.717) is 6.61 Å². The van der Waals surface area contributed by atoms with Crippen molar-refractivity contribution in [2.75, 3.05) is 20.3 Å². The van der Waals surface area contributed by atoms with Crippen LogP contribution in [-0.2, 0) is 6.54 Å². The third kappa shape index (κ3) is 5.97. The van der Waals surface area contributed by atoms with Crippen LogP contribution >= 0.6 is 0 Å². The largest absolute Gasteiger partial charge is 0.490 e. The standard InChI is InChI=1S/C16H27NO2/c1-5-18-16-11-14(12-17-4)8-9-15(16)19-10-6-7-13(2)3/h8-9,11,13,17H,5-7,10,12H2,1-4H3. The highest BCUT2D eigenvalue weighted by Gasteiger charge is 2.06. The molecule has 0 unspecified atom stereocenters. The van der Waals surface area contributed by atoms with Crippen LogP contribution in [0, 0.1) is 5.92 Å². The van der Waals surface area contributed by atoms with Crippen LogP contribution in [0.4, 0.5) is 0 Å². The summed E-state index contributed by atoms with van der Waals surface area (Å²) in [6.45, 7) is 8.71. The van der Waals surface area contributed by atoms with E-state index >= 15 is 0 Å². The van der Waals surface area contributed by atoms with Gasteiger partial charge in [0.15, 0.2) is 11.5 Å². The monoisotopic (exact) mass is 265 g/mol. The van der Waals surface area contributed by atoms with Gasteiger partial charge in [0.25, 0.3) is 0 Å². The van der Waals surface area contributed by atoms with Gasteiger partial charge < -0.3 is 14.8 Å². The summed E-state index contributed by atoms with van der Waals surface area (Å²) < 4.78 is 11.5. The van der Waals surface area contributed by atoms with Crippen molar-refractivity contribution in [1.82, 2.24) is 5.32 Å². The SMILES string of the molecule is CCOc1cc(CNC)ccc1OCCCC(C)C. The highest BCUT2D eigenvalue weighted by Crippen LogP contribution is 2.28. The second kappa shape index (κ2) is 8.81. The fraction of sp³-hybridized carbons (Fsp3) is 0.625. The number of hydrogen-bond donors (Lipinski definition) is 1. The highest BCUT2D eigenvalue weighted by molar-refractivity contribution is 5.43. The Morgan fingerprint density at radius 1 is 1.16 bits per heavy atom. The van der Waals surface area contributed by atoms with Crippen molar-refractivity contribution in [3.05, 3.63) is 23.8 Å². The van der Waals surface area contributed by atoms with E-state index in [1.165, 1.54) is 12.0 Å². The highest BCUT2D eigenvalue weighted by atomic mass is 16.5. The van der Waals surface area contributed by atoms with Crippen molar-refractivity contribution in [3.63, 3.8) is 0 Å². The van der Waals surface area contributed by atoms with Gasteiger partial charge in [-0.1, -0.05) is 19.9 Å². The van der Waals surface area contributed by atoms with Crippen molar-refractivity contribution in [2.45, 2.75) is 40.2 Å². The van der Waals surface area contributed by atoms with Gasteiger partial charge in [0, 0.05) is 6.54 Å². The Labute approximate surface area is 117 Å². The second-order valence-electron chi connectivity index (χ2n) is 5.13. The van der Waals surface area contributed by atoms with Gasteiger partial charge in [-0.15, -0.1) is 0 Å². The van der Waals surface area contributed by atoms with E-state index in [-0.39, 0.29) is 0 Å². The normalized spacial score (nSPS) is 10.8. The third-order valence-corrected chi connectivity index (χ3v) is 2.87. The predicted octanol–water partition coefficient (Wildman–Crippen LogP) is 3.62. The molecule has 108 valence electrons.